The van der Waals surface area contributed by atoms with Gasteiger partial charge in [0.25, 0.3) is 9.84 Å². The number of piperidine rings is 1. The van der Waals surface area contributed by atoms with Crippen LogP contribution in [-0.2, 0) is 9.84 Å². The van der Waals surface area contributed by atoms with Crippen molar-refractivity contribution < 1.29 is 21.6 Å². The number of sulfone groups is 1. The van der Waals surface area contributed by atoms with Crippen molar-refractivity contribution in [1.82, 2.24) is 5.32 Å². The lowest BCUT2D eigenvalue weighted by Crippen LogP contribution is -2.29. The highest BCUT2D eigenvalue weighted by atomic mass is 32.2. The van der Waals surface area contributed by atoms with Gasteiger partial charge in [-0.3, -0.25) is 0 Å². The van der Waals surface area contributed by atoms with Gasteiger partial charge in [-0.1, -0.05) is 18.2 Å². The van der Waals surface area contributed by atoms with Gasteiger partial charge in [0, 0.05) is 0 Å². The zero-order valence-electron chi connectivity index (χ0n) is 10.1. The number of rotatable bonds is 2. The van der Waals surface area contributed by atoms with Gasteiger partial charge in [0.1, 0.15) is 0 Å². The first-order valence-electron chi connectivity index (χ1n) is 5.95. The smallest absolute Gasteiger partial charge is 0.317 e. The number of hydrogen-bond acceptors (Lipinski definition) is 3. The van der Waals surface area contributed by atoms with Gasteiger partial charge in [-0.2, -0.15) is 13.2 Å². The summed E-state index contributed by atoms with van der Waals surface area (Å²) >= 11 is 0. The number of benzene rings is 1. The lowest BCUT2D eigenvalue weighted by molar-refractivity contribution is -0.0436. The summed E-state index contributed by atoms with van der Waals surface area (Å²) < 4.78 is 61.2. The first-order valence-corrected chi connectivity index (χ1v) is 7.43. The summed E-state index contributed by atoms with van der Waals surface area (Å²) in [4.78, 5) is -0.602. The molecular weight excluding hydrogens is 279 g/mol. The maximum atomic E-state index is 12.7. The molecule has 1 heterocycles. The largest absolute Gasteiger partial charge is 0.501 e. The van der Waals surface area contributed by atoms with Gasteiger partial charge >= 0.3 is 5.51 Å². The molecule has 0 spiro atoms. The second kappa shape index (κ2) is 5.13. The van der Waals surface area contributed by atoms with Gasteiger partial charge < -0.3 is 5.32 Å². The standard InChI is InChI=1S/C12H14F3NO2S/c13-12(14,15)19(17,18)11-4-2-1-3-10(11)9-5-7-16-8-6-9/h1-4,9,16H,5-8H2. The highest BCUT2D eigenvalue weighted by molar-refractivity contribution is 7.92. The summed E-state index contributed by atoms with van der Waals surface area (Å²) in [7, 11) is -5.28. The summed E-state index contributed by atoms with van der Waals surface area (Å²) in [6, 6.07) is 5.42. The highest BCUT2D eigenvalue weighted by Crippen LogP contribution is 2.36. The highest BCUT2D eigenvalue weighted by Gasteiger charge is 2.48. The third-order valence-electron chi connectivity index (χ3n) is 3.29. The van der Waals surface area contributed by atoms with Crippen molar-refractivity contribution in [2.45, 2.75) is 29.2 Å². The van der Waals surface area contributed by atoms with E-state index in [0.717, 1.165) is 6.07 Å². The predicted molar refractivity (Wildman–Crippen MR) is 64.5 cm³/mol. The van der Waals surface area contributed by atoms with Crippen LogP contribution < -0.4 is 5.32 Å². The van der Waals surface area contributed by atoms with Gasteiger partial charge in [-0.25, -0.2) is 8.42 Å². The Morgan fingerprint density at radius 1 is 1.11 bits per heavy atom. The summed E-state index contributed by atoms with van der Waals surface area (Å²) in [5, 5.41) is 3.10. The lowest BCUT2D eigenvalue weighted by atomic mass is 9.90. The molecule has 3 nitrogen and oxygen atoms in total. The van der Waals surface area contributed by atoms with Crippen LogP contribution in [0.2, 0.25) is 0 Å². The van der Waals surface area contributed by atoms with E-state index in [1.54, 1.807) is 6.07 Å². The van der Waals surface area contributed by atoms with E-state index >= 15 is 0 Å². The van der Waals surface area contributed by atoms with Gasteiger partial charge in [-0.15, -0.1) is 0 Å². The summed E-state index contributed by atoms with van der Waals surface area (Å²) in [5.41, 5.74) is -4.97. The fourth-order valence-electron chi connectivity index (χ4n) is 2.32. The average molecular weight is 293 g/mol. The minimum Gasteiger partial charge on any atom is -0.317 e. The van der Waals surface area contributed by atoms with Gasteiger partial charge in [0.15, 0.2) is 0 Å². The van der Waals surface area contributed by atoms with E-state index < -0.39 is 20.2 Å². The molecule has 0 aliphatic carbocycles. The molecule has 0 aromatic heterocycles. The molecule has 2 rings (SSSR count). The molecule has 1 aromatic rings. The van der Waals surface area contributed by atoms with E-state index in [0.29, 0.717) is 25.9 Å². The maximum absolute atomic E-state index is 12.7. The van der Waals surface area contributed by atoms with Crippen LogP contribution in [0.4, 0.5) is 13.2 Å². The molecular formula is C12H14F3NO2S. The maximum Gasteiger partial charge on any atom is 0.501 e. The molecule has 0 radical (unpaired) electrons. The Hall–Kier alpha value is -1.08. The van der Waals surface area contributed by atoms with Gasteiger partial charge in [0.2, 0.25) is 0 Å². The normalized spacial score (nSPS) is 18.5. The summed E-state index contributed by atoms with van der Waals surface area (Å²) in [5.74, 6) is -0.144. The van der Waals surface area contributed by atoms with Crippen molar-refractivity contribution in [3.05, 3.63) is 29.8 Å². The Labute approximate surface area is 109 Å². The molecule has 1 saturated heterocycles. The number of hydrogen-bond donors (Lipinski definition) is 1. The quantitative estimate of drug-likeness (QED) is 0.911. The van der Waals surface area contributed by atoms with Crippen LogP contribution in [0.3, 0.4) is 0 Å². The van der Waals surface area contributed by atoms with E-state index in [9.17, 15) is 21.6 Å². The second-order valence-corrected chi connectivity index (χ2v) is 6.42. The fraction of sp³-hybridized carbons (Fsp3) is 0.500. The van der Waals surface area contributed by atoms with Crippen LogP contribution in [0.1, 0.15) is 24.3 Å². The topological polar surface area (TPSA) is 46.2 Å². The number of nitrogens with one attached hydrogen (secondary N) is 1. The van der Waals surface area contributed by atoms with E-state index in [1.165, 1.54) is 12.1 Å². The third-order valence-corrected chi connectivity index (χ3v) is 4.85. The fourth-order valence-corrected chi connectivity index (χ4v) is 3.37. The van der Waals surface area contributed by atoms with Crippen LogP contribution in [0.5, 0.6) is 0 Å². The van der Waals surface area contributed by atoms with Crippen molar-refractivity contribution in [2.75, 3.05) is 13.1 Å². The van der Waals surface area contributed by atoms with E-state index in [4.69, 9.17) is 0 Å². The zero-order chi connectivity index (χ0) is 14.1. The SMILES string of the molecule is O=S(=O)(c1ccccc1C1CCNCC1)C(F)(F)F. The number of halogens is 3. The Balaban J connectivity index is 2.47. The minimum absolute atomic E-state index is 0.144. The molecule has 0 unspecified atom stereocenters. The van der Waals surface area contributed by atoms with Crippen molar-refractivity contribution in [1.29, 1.82) is 0 Å². The molecule has 0 saturated carbocycles. The average Bonchev–Trinajstić information content (AvgIpc) is 2.38. The van der Waals surface area contributed by atoms with E-state index in [1.807, 2.05) is 0 Å². The lowest BCUT2D eigenvalue weighted by Gasteiger charge is -2.25. The van der Waals surface area contributed by atoms with Gasteiger partial charge in [-0.05, 0) is 43.5 Å². The van der Waals surface area contributed by atoms with Crippen molar-refractivity contribution in [3.63, 3.8) is 0 Å². The summed E-state index contributed by atoms with van der Waals surface area (Å²) in [6.45, 7) is 1.37. The first-order chi connectivity index (χ1) is 8.84. The molecule has 19 heavy (non-hydrogen) atoms. The van der Waals surface area contributed by atoms with Crippen LogP contribution in [0, 0.1) is 0 Å². The van der Waals surface area contributed by atoms with E-state index in [2.05, 4.69) is 5.32 Å². The van der Waals surface area contributed by atoms with Crippen LogP contribution in [0.15, 0.2) is 29.2 Å². The molecule has 0 atom stereocenters. The monoisotopic (exact) mass is 293 g/mol. The molecule has 1 N–H and O–H groups in total. The molecule has 106 valence electrons. The molecule has 7 heteroatoms. The van der Waals surface area contributed by atoms with E-state index in [-0.39, 0.29) is 11.5 Å². The molecule has 1 fully saturated rings. The van der Waals surface area contributed by atoms with Crippen LogP contribution in [-0.4, -0.2) is 27.0 Å². The Kier molecular flexibility index (Phi) is 3.87. The van der Waals surface area contributed by atoms with Crippen molar-refractivity contribution in [2.24, 2.45) is 0 Å². The summed E-state index contributed by atoms with van der Waals surface area (Å²) in [6.07, 6.45) is 1.29. The molecule has 0 bridgehead atoms. The number of alkyl halides is 3. The Morgan fingerprint density at radius 3 is 2.26 bits per heavy atom. The van der Waals surface area contributed by atoms with Gasteiger partial charge in [0.05, 0.1) is 4.90 Å². The van der Waals surface area contributed by atoms with Crippen molar-refractivity contribution in [3.8, 4) is 0 Å². The molecule has 1 aliphatic rings. The van der Waals surface area contributed by atoms with Crippen LogP contribution >= 0.6 is 0 Å². The Bertz CT molecular complexity index is 548. The zero-order valence-corrected chi connectivity index (χ0v) is 10.9. The molecule has 0 amide bonds. The second-order valence-electron chi connectivity index (χ2n) is 4.51. The Morgan fingerprint density at radius 2 is 1.68 bits per heavy atom. The van der Waals surface area contributed by atoms with Crippen molar-refractivity contribution >= 4 is 9.84 Å². The predicted octanol–water partition coefficient (Wildman–Crippen LogP) is 2.45. The molecule has 1 aliphatic heterocycles. The molecule has 1 aromatic carbocycles. The van der Waals surface area contributed by atoms with Crippen LogP contribution in [0.25, 0.3) is 0 Å². The third kappa shape index (κ3) is 2.76. The first kappa shape index (κ1) is 14.3. The minimum atomic E-state index is -5.28.